The van der Waals surface area contributed by atoms with E-state index in [2.05, 4.69) is 4.72 Å². The van der Waals surface area contributed by atoms with Crippen LogP contribution in [0.2, 0.25) is 0 Å². The highest BCUT2D eigenvalue weighted by atomic mass is 32.2. The van der Waals surface area contributed by atoms with Crippen molar-refractivity contribution in [1.82, 2.24) is 4.72 Å². The number of rotatable bonds is 8. The largest absolute Gasteiger partial charge is 0.495 e. The number of hydrogen-bond acceptors (Lipinski definition) is 5. The van der Waals surface area contributed by atoms with Gasteiger partial charge in [-0.3, -0.25) is 4.31 Å². The summed E-state index contributed by atoms with van der Waals surface area (Å²) in [5, 5.41) is 0. The summed E-state index contributed by atoms with van der Waals surface area (Å²) in [5.41, 5.74) is 1.25. The molecule has 0 aromatic heterocycles. The molecule has 0 radical (unpaired) electrons. The Labute approximate surface area is 154 Å². The predicted molar refractivity (Wildman–Crippen MR) is 102 cm³/mol. The van der Waals surface area contributed by atoms with Gasteiger partial charge >= 0.3 is 0 Å². The lowest BCUT2D eigenvalue weighted by Gasteiger charge is -2.22. The first-order valence-electron chi connectivity index (χ1n) is 7.82. The molecule has 0 unspecified atom stereocenters. The highest BCUT2D eigenvalue weighted by molar-refractivity contribution is 7.92. The molecule has 142 valence electrons. The van der Waals surface area contributed by atoms with Crippen LogP contribution in [0.1, 0.15) is 5.56 Å². The second kappa shape index (κ2) is 8.07. The second-order valence-electron chi connectivity index (χ2n) is 5.72. The van der Waals surface area contributed by atoms with Crippen LogP contribution in [0.15, 0.2) is 53.4 Å². The maximum absolute atomic E-state index is 12.6. The molecule has 1 N–H and O–H groups in total. The van der Waals surface area contributed by atoms with E-state index in [9.17, 15) is 16.8 Å². The molecule has 0 saturated carbocycles. The molecule has 0 amide bonds. The van der Waals surface area contributed by atoms with Crippen LogP contribution in [0.25, 0.3) is 0 Å². The van der Waals surface area contributed by atoms with Gasteiger partial charge in [0, 0.05) is 13.1 Å². The second-order valence-corrected chi connectivity index (χ2v) is 9.36. The Kier molecular flexibility index (Phi) is 6.27. The van der Waals surface area contributed by atoms with E-state index in [-0.39, 0.29) is 23.7 Å². The SMILES string of the molecule is COc1ccc(C)cc1S(=O)(=O)NCCN(c1ccccc1)S(C)(=O)=O. The van der Waals surface area contributed by atoms with Gasteiger partial charge in [0.1, 0.15) is 10.6 Å². The number of anilines is 1. The Hall–Kier alpha value is -2.10. The van der Waals surface area contributed by atoms with Gasteiger partial charge in [0.15, 0.2) is 0 Å². The third-order valence-electron chi connectivity index (χ3n) is 3.66. The van der Waals surface area contributed by atoms with Crippen LogP contribution in [0, 0.1) is 6.92 Å². The van der Waals surface area contributed by atoms with E-state index >= 15 is 0 Å². The van der Waals surface area contributed by atoms with Gasteiger partial charge in [0.2, 0.25) is 20.0 Å². The summed E-state index contributed by atoms with van der Waals surface area (Å²) in [6, 6.07) is 13.3. The monoisotopic (exact) mass is 398 g/mol. The minimum absolute atomic E-state index is 0.0191. The van der Waals surface area contributed by atoms with Crippen LogP contribution in [0.3, 0.4) is 0 Å². The lowest BCUT2D eigenvalue weighted by atomic mass is 10.2. The summed E-state index contributed by atoms with van der Waals surface area (Å²) < 4.78 is 57.9. The third kappa shape index (κ3) is 4.96. The summed E-state index contributed by atoms with van der Waals surface area (Å²) in [5.74, 6) is 0.228. The lowest BCUT2D eigenvalue weighted by Crippen LogP contribution is -2.38. The van der Waals surface area contributed by atoms with Gasteiger partial charge < -0.3 is 4.74 Å². The Bertz CT molecular complexity index is 958. The maximum Gasteiger partial charge on any atom is 0.244 e. The Morgan fingerprint density at radius 1 is 1.04 bits per heavy atom. The van der Waals surface area contributed by atoms with Crippen molar-refractivity contribution in [2.45, 2.75) is 11.8 Å². The van der Waals surface area contributed by atoms with E-state index in [0.717, 1.165) is 16.1 Å². The number of hydrogen-bond donors (Lipinski definition) is 1. The van der Waals surface area contributed by atoms with Crippen LogP contribution < -0.4 is 13.8 Å². The van der Waals surface area contributed by atoms with E-state index in [1.807, 2.05) is 0 Å². The van der Waals surface area contributed by atoms with Crippen molar-refractivity contribution >= 4 is 25.7 Å². The zero-order valence-corrected chi connectivity index (χ0v) is 16.5. The first-order chi connectivity index (χ1) is 12.1. The number of sulfonamides is 2. The quantitative estimate of drug-likeness (QED) is 0.731. The Morgan fingerprint density at radius 2 is 1.69 bits per heavy atom. The van der Waals surface area contributed by atoms with E-state index in [4.69, 9.17) is 4.74 Å². The number of aryl methyl sites for hydroxylation is 1. The number of benzene rings is 2. The fraction of sp³-hybridized carbons (Fsp3) is 0.294. The molecule has 0 bridgehead atoms. The van der Waals surface area contributed by atoms with Crippen molar-refractivity contribution in [3.05, 3.63) is 54.1 Å². The van der Waals surface area contributed by atoms with E-state index in [0.29, 0.717) is 5.69 Å². The summed E-state index contributed by atoms with van der Waals surface area (Å²) in [7, 11) is -6.00. The molecule has 0 aliphatic heterocycles. The topological polar surface area (TPSA) is 92.8 Å². The molecule has 0 spiro atoms. The molecule has 0 atom stereocenters. The molecular formula is C17H22N2O5S2. The first kappa shape index (κ1) is 20.2. The van der Waals surface area contributed by atoms with Gasteiger partial charge in [-0.25, -0.2) is 21.6 Å². The van der Waals surface area contributed by atoms with Crippen molar-refractivity contribution in [2.24, 2.45) is 0 Å². The number of nitrogens with zero attached hydrogens (tertiary/aromatic N) is 1. The third-order valence-corrected chi connectivity index (χ3v) is 6.34. The average Bonchev–Trinajstić information content (AvgIpc) is 2.58. The van der Waals surface area contributed by atoms with Crippen LogP contribution in [-0.2, 0) is 20.0 Å². The van der Waals surface area contributed by atoms with Gasteiger partial charge in [-0.1, -0.05) is 24.3 Å². The van der Waals surface area contributed by atoms with Crippen molar-refractivity contribution in [1.29, 1.82) is 0 Å². The summed E-state index contributed by atoms with van der Waals surface area (Å²) in [4.78, 5) is 0.0191. The molecule has 0 aliphatic carbocycles. The normalized spacial score (nSPS) is 12.0. The van der Waals surface area contributed by atoms with Crippen molar-refractivity contribution in [3.8, 4) is 5.75 Å². The van der Waals surface area contributed by atoms with Crippen molar-refractivity contribution in [2.75, 3.05) is 30.8 Å². The smallest absolute Gasteiger partial charge is 0.244 e. The fourth-order valence-corrected chi connectivity index (χ4v) is 4.63. The number of ether oxygens (including phenoxy) is 1. The summed E-state index contributed by atoms with van der Waals surface area (Å²) >= 11 is 0. The van der Waals surface area contributed by atoms with Gasteiger partial charge in [0.05, 0.1) is 19.1 Å². The van der Waals surface area contributed by atoms with Crippen molar-refractivity contribution in [3.63, 3.8) is 0 Å². The van der Waals surface area contributed by atoms with E-state index < -0.39 is 20.0 Å². The Morgan fingerprint density at radius 3 is 2.27 bits per heavy atom. The van der Waals surface area contributed by atoms with Gasteiger partial charge in [-0.05, 0) is 36.8 Å². The lowest BCUT2D eigenvalue weighted by molar-refractivity contribution is 0.402. The predicted octanol–water partition coefficient (Wildman–Crippen LogP) is 1.75. The highest BCUT2D eigenvalue weighted by Gasteiger charge is 2.22. The minimum atomic E-state index is -3.85. The summed E-state index contributed by atoms with van der Waals surface area (Å²) in [6.45, 7) is 1.66. The zero-order chi connectivity index (χ0) is 19.4. The van der Waals surface area contributed by atoms with Gasteiger partial charge in [-0.15, -0.1) is 0 Å². The van der Waals surface area contributed by atoms with Gasteiger partial charge in [0.25, 0.3) is 0 Å². The molecule has 2 aromatic rings. The number of para-hydroxylation sites is 1. The van der Waals surface area contributed by atoms with E-state index in [1.54, 1.807) is 49.4 Å². The molecule has 9 heteroatoms. The Balaban J connectivity index is 2.18. The standard InChI is InChI=1S/C17H22N2O5S2/c1-14-9-10-16(24-2)17(13-14)26(22,23)18-11-12-19(25(3,20)21)15-7-5-4-6-8-15/h4-10,13,18H,11-12H2,1-3H3. The van der Waals surface area contributed by atoms with Crippen LogP contribution in [-0.4, -0.2) is 43.3 Å². The molecule has 0 aliphatic rings. The molecule has 2 aromatic carbocycles. The average molecular weight is 399 g/mol. The molecule has 0 fully saturated rings. The molecule has 26 heavy (non-hydrogen) atoms. The minimum Gasteiger partial charge on any atom is -0.495 e. The van der Waals surface area contributed by atoms with Crippen LogP contribution in [0.4, 0.5) is 5.69 Å². The van der Waals surface area contributed by atoms with E-state index in [1.165, 1.54) is 13.2 Å². The van der Waals surface area contributed by atoms with Gasteiger partial charge in [-0.2, -0.15) is 0 Å². The summed E-state index contributed by atoms with van der Waals surface area (Å²) in [6.07, 6.45) is 1.08. The van der Waals surface area contributed by atoms with Crippen molar-refractivity contribution < 1.29 is 21.6 Å². The zero-order valence-electron chi connectivity index (χ0n) is 14.8. The van der Waals surface area contributed by atoms with Crippen LogP contribution >= 0.6 is 0 Å². The number of methoxy groups -OCH3 is 1. The number of nitrogens with one attached hydrogen (secondary N) is 1. The molecule has 2 rings (SSSR count). The van der Waals surface area contributed by atoms with Crippen LogP contribution in [0.5, 0.6) is 5.75 Å². The maximum atomic E-state index is 12.6. The molecule has 0 saturated heterocycles. The molecule has 7 nitrogen and oxygen atoms in total. The molecule has 0 heterocycles. The fourth-order valence-electron chi connectivity index (χ4n) is 2.43. The molecular weight excluding hydrogens is 376 g/mol. The first-order valence-corrected chi connectivity index (χ1v) is 11.2. The highest BCUT2D eigenvalue weighted by Crippen LogP contribution is 2.24.